The fourth-order valence-electron chi connectivity index (χ4n) is 3.23. The van der Waals surface area contributed by atoms with Crippen LogP contribution in [0.15, 0.2) is 74.7 Å². The van der Waals surface area contributed by atoms with Crippen molar-refractivity contribution in [3.63, 3.8) is 0 Å². The van der Waals surface area contributed by atoms with Crippen molar-refractivity contribution in [1.82, 2.24) is 10.7 Å². The van der Waals surface area contributed by atoms with Crippen molar-refractivity contribution in [3.8, 4) is 17.1 Å². The molecule has 0 saturated heterocycles. The Morgan fingerprint density at radius 1 is 1.09 bits per heavy atom. The number of benzene rings is 2. The van der Waals surface area contributed by atoms with Crippen LogP contribution in [0.25, 0.3) is 11.3 Å². The highest BCUT2D eigenvalue weighted by atomic mass is 79.9. The van der Waals surface area contributed by atoms with E-state index in [4.69, 9.17) is 9.15 Å². The number of carbonyl (C=O) groups is 2. The number of hydrogen-bond donors (Lipinski definition) is 2. The molecular weight excluding hydrogens is 498 g/mol. The molecule has 0 bridgehead atoms. The first-order valence-electron chi connectivity index (χ1n) is 11.0. The Hall–Kier alpha value is -3.39. The number of ether oxygens (including phenoxy) is 1. The van der Waals surface area contributed by atoms with E-state index in [1.54, 1.807) is 12.1 Å². The van der Waals surface area contributed by atoms with Gasteiger partial charge in [0.15, 0.2) is 6.61 Å². The van der Waals surface area contributed by atoms with E-state index in [-0.39, 0.29) is 18.4 Å². The molecule has 0 saturated carbocycles. The van der Waals surface area contributed by atoms with Crippen LogP contribution in [0.3, 0.4) is 0 Å². The summed E-state index contributed by atoms with van der Waals surface area (Å²) in [5.74, 6) is 1.23. The van der Waals surface area contributed by atoms with E-state index < -0.39 is 11.9 Å². The van der Waals surface area contributed by atoms with E-state index >= 15 is 0 Å². The summed E-state index contributed by atoms with van der Waals surface area (Å²) in [6.45, 7) is 5.68. The second-order valence-corrected chi connectivity index (χ2v) is 9.16. The standard InChI is InChI=1S/C26H28BrN3O4/c1-17(2)14-22(29-25(31)16-33-23-7-5-4-6-18(23)3)26(32)30-28-15-21-12-13-24(34-21)19-8-10-20(27)11-9-19/h4-13,15,17,22H,14,16H2,1-3H3,(H,29,31)(H,30,32)/b28-15-/t22-/m1/s1. The summed E-state index contributed by atoms with van der Waals surface area (Å²) in [7, 11) is 0. The van der Waals surface area contributed by atoms with Gasteiger partial charge in [0.05, 0.1) is 6.21 Å². The van der Waals surface area contributed by atoms with Gasteiger partial charge in [-0.1, -0.05) is 60.1 Å². The first kappa shape index (κ1) is 25.2. The van der Waals surface area contributed by atoms with Gasteiger partial charge in [-0.05, 0) is 55.2 Å². The molecular formula is C26H28BrN3O4. The van der Waals surface area contributed by atoms with Crippen LogP contribution in [0, 0.1) is 12.8 Å². The van der Waals surface area contributed by atoms with Crippen molar-refractivity contribution in [1.29, 1.82) is 0 Å². The lowest BCUT2D eigenvalue weighted by Gasteiger charge is -2.19. The number of nitrogens with zero attached hydrogens (tertiary/aromatic N) is 1. The molecule has 1 atom stereocenters. The van der Waals surface area contributed by atoms with Crippen LogP contribution >= 0.6 is 15.9 Å². The van der Waals surface area contributed by atoms with Gasteiger partial charge in [-0.25, -0.2) is 5.43 Å². The number of hydrazone groups is 1. The largest absolute Gasteiger partial charge is 0.484 e. The van der Waals surface area contributed by atoms with Gasteiger partial charge in [-0.3, -0.25) is 9.59 Å². The molecule has 1 heterocycles. The first-order valence-corrected chi connectivity index (χ1v) is 11.8. The number of hydrogen-bond acceptors (Lipinski definition) is 5. The predicted molar refractivity (Wildman–Crippen MR) is 136 cm³/mol. The van der Waals surface area contributed by atoms with Crippen LogP contribution in [-0.2, 0) is 9.59 Å². The molecule has 2 aromatic carbocycles. The van der Waals surface area contributed by atoms with Gasteiger partial charge < -0.3 is 14.5 Å². The minimum atomic E-state index is -0.736. The van der Waals surface area contributed by atoms with Crippen LogP contribution in [0.1, 0.15) is 31.6 Å². The zero-order valence-corrected chi connectivity index (χ0v) is 21.0. The molecule has 1 aromatic heterocycles. The molecule has 2 N–H and O–H groups in total. The Kier molecular flexibility index (Phi) is 9.04. The Bertz CT molecular complexity index is 1140. The predicted octanol–water partition coefficient (Wildman–Crippen LogP) is 5.08. The zero-order valence-electron chi connectivity index (χ0n) is 19.4. The third-order valence-electron chi connectivity index (χ3n) is 4.93. The van der Waals surface area contributed by atoms with Crippen molar-refractivity contribution >= 4 is 34.0 Å². The Morgan fingerprint density at radius 2 is 1.82 bits per heavy atom. The number of halogens is 1. The van der Waals surface area contributed by atoms with Gasteiger partial charge in [-0.2, -0.15) is 5.10 Å². The van der Waals surface area contributed by atoms with Gasteiger partial charge in [0.1, 0.15) is 23.3 Å². The van der Waals surface area contributed by atoms with Crippen LogP contribution < -0.4 is 15.5 Å². The van der Waals surface area contributed by atoms with Crippen LogP contribution in [0.4, 0.5) is 0 Å². The first-order chi connectivity index (χ1) is 16.3. The summed E-state index contributed by atoms with van der Waals surface area (Å²) in [5.41, 5.74) is 4.35. The number of nitrogens with one attached hydrogen (secondary N) is 2. The molecule has 0 radical (unpaired) electrons. The van der Waals surface area contributed by atoms with E-state index in [2.05, 4.69) is 31.8 Å². The molecule has 3 rings (SSSR count). The highest BCUT2D eigenvalue weighted by Crippen LogP contribution is 2.23. The molecule has 8 heteroatoms. The fourth-order valence-corrected chi connectivity index (χ4v) is 3.49. The number of furan rings is 1. The highest BCUT2D eigenvalue weighted by Gasteiger charge is 2.22. The fraction of sp³-hybridized carbons (Fsp3) is 0.269. The van der Waals surface area contributed by atoms with Crippen molar-refractivity contribution in [3.05, 3.63) is 76.5 Å². The normalized spacial score (nSPS) is 12.0. The van der Waals surface area contributed by atoms with Crippen LogP contribution in [0.2, 0.25) is 0 Å². The van der Waals surface area contributed by atoms with Crippen LogP contribution in [-0.4, -0.2) is 30.7 Å². The number of rotatable bonds is 10. The number of amides is 2. The summed E-state index contributed by atoms with van der Waals surface area (Å²) in [6, 6.07) is 18.0. The van der Waals surface area contributed by atoms with Crippen LogP contribution in [0.5, 0.6) is 5.75 Å². The second-order valence-electron chi connectivity index (χ2n) is 8.25. The monoisotopic (exact) mass is 525 g/mol. The van der Waals surface area contributed by atoms with Gasteiger partial charge in [-0.15, -0.1) is 0 Å². The van der Waals surface area contributed by atoms with Gasteiger partial charge in [0.25, 0.3) is 11.8 Å². The molecule has 0 spiro atoms. The molecule has 3 aromatic rings. The van der Waals surface area contributed by atoms with E-state index in [0.717, 1.165) is 15.6 Å². The lowest BCUT2D eigenvalue weighted by Crippen LogP contribution is -2.47. The van der Waals surface area contributed by atoms with E-state index in [1.165, 1.54) is 6.21 Å². The van der Waals surface area contributed by atoms with Crippen molar-refractivity contribution in [2.75, 3.05) is 6.61 Å². The molecule has 178 valence electrons. The Labute approximate surface area is 207 Å². The van der Waals surface area contributed by atoms with E-state index in [0.29, 0.717) is 23.7 Å². The summed E-state index contributed by atoms with van der Waals surface area (Å²) in [6.07, 6.45) is 1.89. The molecule has 34 heavy (non-hydrogen) atoms. The number of carbonyl (C=O) groups excluding carboxylic acids is 2. The van der Waals surface area contributed by atoms with Gasteiger partial charge >= 0.3 is 0 Å². The molecule has 0 aliphatic heterocycles. The molecule has 2 amide bonds. The topological polar surface area (TPSA) is 92.9 Å². The lowest BCUT2D eigenvalue weighted by atomic mass is 10.0. The molecule has 0 fully saturated rings. The van der Waals surface area contributed by atoms with Crippen molar-refractivity contribution < 1.29 is 18.7 Å². The third-order valence-corrected chi connectivity index (χ3v) is 5.46. The second kappa shape index (κ2) is 12.2. The molecule has 0 aliphatic carbocycles. The van der Waals surface area contributed by atoms with E-state index in [9.17, 15) is 9.59 Å². The van der Waals surface area contributed by atoms with Gasteiger partial charge in [0, 0.05) is 10.0 Å². The number of aryl methyl sites for hydroxylation is 1. The average Bonchev–Trinajstić information content (AvgIpc) is 3.27. The Morgan fingerprint density at radius 3 is 2.53 bits per heavy atom. The van der Waals surface area contributed by atoms with Crippen molar-refractivity contribution in [2.45, 2.75) is 33.2 Å². The number of para-hydroxylation sites is 1. The third kappa shape index (κ3) is 7.59. The molecule has 7 nitrogen and oxygen atoms in total. The van der Waals surface area contributed by atoms with E-state index in [1.807, 2.05) is 69.3 Å². The quantitative estimate of drug-likeness (QED) is 0.285. The minimum Gasteiger partial charge on any atom is -0.484 e. The van der Waals surface area contributed by atoms with Gasteiger partial charge in [0.2, 0.25) is 0 Å². The van der Waals surface area contributed by atoms with Crippen molar-refractivity contribution in [2.24, 2.45) is 11.0 Å². The summed E-state index contributed by atoms with van der Waals surface area (Å²) in [4.78, 5) is 25.1. The summed E-state index contributed by atoms with van der Waals surface area (Å²) < 4.78 is 12.3. The minimum absolute atomic E-state index is 0.179. The lowest BCUT2D eigenvalue weighted by molar-refractivity contribution is -0.130. The molecule has 0 aliphatic rings. The zero-order chi connectivity index (χ0) is 24.5. The smallest absolute Gasteiger partial charge is 0.262 e. The SMILES string of the molecule is Cc1ccccc1OCC(=O)N[C@H](CC(C)C)C(=O)N/N=C\c1ccc(-c2ccc(Br)cc2)o1. The maximum absolute atomic E-state index is 12.7. The summed E-state index contributed by atoms with van der Waals surface area (Å²) in [5, 5.41) is 6.73. The maximum Gasteiger partial charge on any atom is 0.262 e. The average molecular weight is 526 g/mol. The maximum atomic E-state index is 12.7. The summed E-state index contributed by atoms with van der Waals surface area (Å²) >= 11 is 3.41. The Balaban J connectivity index is 1.55. The molecule has 0 unspecified atom stereocenters. The highest BCUT2D eigenvalue weighted by molar-refractivity contribution is 9.10.